The predicted octanol–water partition coefficient (Wildman–Crippen LogP) is 4.41. The fourth-order valence-corrected chi connectivity index (χ4v) is 2.91. The summed E-state index contributed by atoms with van der Waals surface area (Å²) in [6, 6.07) is 5.29. The first-order valence-electron chi connectivity index (χ1n) is 9.98. The monoisotopic (exact) mass is 461 g/mol. The fraction of sp³-hybridized carbons (Fsp3) is 0.318. The van der Waals surface area contributed by atoms with Gasteiger partial charge in [0.25, 0.3) is 5.91 Å². The molecule has 1 amide bonds. The zero-order valence-electron chi connectivity index (χ0n) is 18.4. The zero-order valence-corrected chi connectivity index (χ0v) is 18.4. The molecule has 0 aliphatic carbocycles. The van der Waals surface area contributed by atoms with Crippen molar-refractivity contribution in [3.8, 4) is 5.69 Å². The molecule has 174 valence electrons. The number of carbonyl (C=O) groups excluding carboxylic acids is 2. The first-order valence-corrected chi connectivity index (χ1v) is 9.98. The minimum absolute atomic E-state index is 0.0206. The highest BCUT2D eigenvalue weighted by Gasteiger charge is 2.41. The summed E-state index contributed by atoms with van der Waals surface area (Å²) < 4.78 is 46.2. The van der Waals surface area contributed by atoms with E-state index in [2.05, 4.69) is 20.4 Å². The molecule has 0 saturated heterocycles. The summed E-state index contributed by atoms with van der Waals surface area (Å²) in [6.45, 7) is 7.30. The molecular weight excluding hydrogens is 439 g/mol. The first kappa shape index (κ1) is 23.9. The van der Waals surface area contributed by atoms with Crippen molar-refractivity contribution in [2.24, 2.45) is 0 Å². The Balaban J connectivity index is 1.83. The molecular formula is C22H22F3N5O3. The number of ether oxygens (including phenoxy) is 1. The predicted molar refractivity (Wildman–Crippen MR) is 113 cm³/mol. The van der Waals surface area contributed by atoms with Gasteiger partial charge in [-0.25, -0.2) is 19.4 Å². The van der Waals surface area contributed by atoms with Gasteiger partial charge in [-0.1, -0.05) is 20.8 Å². The molecule has 3 aromatic rings. The Kier molecular flexibility index (Phi) is 6.52. The molecule has 0 aliphatic heterocycles. The largest absolute Gasteiger partial charge is 0.462 e. The van der Waals surface area contributed by atoms with Gasteiger partial charge in [-0.3, -0.25) is 4.79 Å². The Labute approximate surface area is 187 Å². The van der Waals surface area contributed by atoms with Crippen LogP contribution in [0, 0.1) is 0 Å². The highest BCUT2D eigenvalue weighted by atomic mass is 19.4. The number of hydrogen-bond donors (Lipinski definition) is 1. The number of carbonyl (C=O) groups is 2. The van der Waals surface area contributed by atoms with Crippen LogP contribution in [0.3, 0.4) is 0 Å². The van der Waals surface area contributed by atoms with Crippen LogP contribution in [0.15, 0.2) is 42.9 Å². The molecule has 0 bridgehead atoms. The van der Waals surface area contributed by atoms with Crippen LogP contribution in [-0.4, -0.2) is 38.2 Å². The van der Waals surface area contributed by atoms with Crippen molar-refractivity contribution in [2.75, 3.05) is 11.9 Å². The average Bonchev–Trinajstić information content (AvgIpc) is 3.20. The molecule has 0 atom stereocenters. The number of aromatic nitrogens is 4. The molecule has 11 heteroatoms. The van der Waals surface area contributed by atoms with Gasteiger partial charge < -0.3 is 10.1 Å². The quantitative estimate of drug-likeness (QED) is 0.565. The molecule has 33 heavy (non-hydrogen) atoms. The van der Waals surface area contributed by atoms with E-state index < -0.39 is 29.3 Å². The van der Waals surface area contributed by atoms with Gasteiger partial charge in [-0.05, 0) is 31.2 Å². The van der Waals surface area contributed by atoms with Crippen LogP contribution in [0.5, 0.6) is 0 Å². The van der Waals surface area contributed by atoms with E-state index in [1.54, 1.807) is 0 Å². The molecule has 0 spiro atoms. The molecule has 2 heterocycles. The van der Waals surface area contributed by atoms with E-state index in [9.17, 15) is 22.8 Å². The topological polar surface area (TPSA) is 99.0 Å². The lowest BCUT2D eigenvalue weighted by molar-refractivity contribution is -0.143. The maximum atomic E-state index is 13.6. The Morgan fingerprint density at radius 3 is 2.15 bits per heavy atom. The van der Waals surface area contributed by atoms with E-state index in [-0.39, 0.29) is 23.3 Å². The Bertz CT molecular complexity index is 1150. The number of rotatable bonds is 5. The Morgan fingerprint density at radius 1 is 1.03 bits per heavy atom. The number of amides is 1. The molecule has 0 saturated carbocycles. The van der Waals surface area contributed by atoms with Crippen LogP contribution in [0.4, 0.5) is 18.9 Å². The molecule has 1 N–H and O–H groups in total. The molecule has 0 aliphatic rings. The van der Waals surface area contributed by atoms with Crippen LogP contribution >= 0.6 is 0 Å². The summed E-state index contributed by atoms with van der Waals surface area (Å²) in [5, 5.41) is 6.34. The SMILES string of the molecule is CCOC(=O)c1cnn(-c2ccc(C(=O)Nc3cnc(C(C)(C)C)nc3)cc2)c1C(F)(F)F. The van der Waals surface area contributed by atoms with Gasteiger partial charge in [0.1, 0.15) is 11.4 Å². The van der Waals surface area contributed by atoms with Crippen LogP contribution < -0.4 is 5.32 Å². The lowest BCUT2D eigenvalue weighted by Crippen LogP contribution is -2.19. The summed E-state index contributed by atoms with van der Waals surface area (Å²) in [4.78, 5) is 32.9. The van der Waals surface area contributed by atoms with Gasteiger partial charge in [0, 0.05) is 11.0 Å². The lowest BCUT2D eigenvalue weighted by atomic mass is 9.96. The van der Waals surface area contributed by atoms with E-state index in [0.717, 1.165) is 6.20 Å². The van der Waals surface area contributed by atoms with Gasteiger partial charge in [-0.15, -0.1) is 0 Å². The summed E-state index contributed by atoms with van der Waals surface area (Å²) in [6.07, 6.45) is -1.08. The standard InChI is InChI=1S/C22H22F3N5O3/c1-5-33-19(32)16-12-28-30(17(16)22(23,24)25)15-8-6-13(7-9-15)18(31)29-14-10-26-20(27-11-14)21(2,3)4/h6-12H,5H2,1-4H3,(H,29,31). The van der Waals surface area contributed by atoms with E-state index >= 15 is 0 Å². The van der Waals surface area contributed by atoms with Crippen molar-refractivity contribution in [2.45, 2.75) is 39.3 Å². The van der Waals surface area contributed by atoms with Gasteiger partial charge >= 0.3 is 12.1 Å². The van der Waals surface area contributed by atoms with E-state index in [1.807, 2.05) is 20.8 Å². The number of nitrogens with one attached hydrogen (secondary N) is 1. The van der Waals surface area contributed by atoms with E-state index in [1.165, 1.54) is 43.6 Å². The van der Waals surface area contributed by atoms with Crippen molar-refractivity contribution >= 4 is 17.6 Å². The third-order valence-electron chi connectivity index (χ3n) is 4.49. The molecule has 0 unspecified atom stereocenters. The molecule has 1 aromatic carbocycles. The summed E-state index contributed by atoms with van der Waals surface area (Å²) in [5.41, 5.74) is -1.59. The van der Waals surface area contributed by atoms with Crippen LogP contribution in [-0.2, 0) is 16.3 Å². The normalized spacial score (nSPS) is 11.8. The van der Waals surface area contributed by atoms with Crippen molar-refractivity contribution in [3.63, 3.8) is 0 Å². The van der Waals surface area contributed by atoms with Gasteiger partial charge in [0.05, 0.1) is 36.6 Å². The van der Waals surface area contributed by atoms with Crippen molar-refractivity contribution < 1.29 is 27.5 Å². The molecule has 3 rings (SSSR count). The van der Waals surface area contributed by atoms with Gasteiger partial charge in [0.15, 0.2) is 5.69 Å². The van der Waals surface area contributed by atoms with Crippen molar-refractivity contribution in [1.82, 2.24) is 19.7 Å². The number of benzene rings is 1. The highest BCUT2D eigenvalue weighted by molar-refractivity contribution is 6.04. The van der Waals surface area contributed by atoms with Gasteiger partial charge in [0.2, 0.25) is 0 Å². The summed E-state index contributed by atoms with van der Waals surface area (Å²) in [7, 11) is 0. The van der Waals surface area contributed by atoms with Crippen molar-refractivity contribution in [3.05, 3.63) is 65.5 Å². The smallest absolute Gasteiger partial charge is 0.434 e. The minimum atomic E-state index is -4.85. The minimum Gasteiger partial charge on any atom is -0.462 e. The number of esters is 1. The average molecular weight is 461 g/mol. The number of nitrogens with zero attached hydrogens (tertiary/aromatic N) is 4. The molecule has 2 aromatic heterocycles. The fourth-order valence-electron chi connectivity index (χ4n) is 2.91. The second-order valence-corrected chi connectivity index (χ2v) is 8.08. The number of alkyl halides is 3. The summed E-state index contributed by atoms with van der Waals surface area (Å²) in [5.74, 6) is -0.990. The second-order valence-electron chi connectivity index (χ2n) is 8.08. The maximum absolute atomic E-state index is 13.6. The molecule has 0 fully saturated rings. The third kappa shape index (κ3) is 5.36. The molecule has 0 radical (unpaired) electrons. The lowest BCUT2D eigenvalue weighted by Gasteiger charge is -2.16. The number of hydrogen-bond acceptors (Lipinski definition) is 6. The maximum Gasteiger partial charge on any atom is 0.434 e. The number of anilines is 1. The zero-order chi connectivity index (χ0) is 24.4. The first-order chi connectivity index (χ1) is 15.4. The van der Waals surface area contributed by atoms with Crippen LogP contribution in [0.2, 0.25) is 0 Å². The van der Waals surface area contributed by atoms with Crippen LogP contribution in [0.25, 0.3) is 5.69 Å². The van der Waals surface area contributed by atoms with Gasteiger partial charge in [-0.2, -0.15) is 18.3 Å². The number of halogens is 3. The third-order valence-corrected chi connectivity index (χ3v) is 4.49. The van der Waals surface area contributed by atoms with E-state index in [4.69, 9.17) is 4.74 Å². The Hall–Kier alpha value is -3.76. The Morgan fingerprint density at radius 2 is 1.64 bits per heavy atom. The van der Waals surface area contributed by atoms with Crippen molar-refractivity contribution in [1.29, 1.82) is 0 Å². The highest BCUT2D eigenvalue weighted by Crippen LogP contribution is 2.34. The second kappa shape index (κ2) is 9.00. The molecule has 8 nitrogen and oxygen atoms in total. The van der Waals surface area contributed by atoms with Crippen LogP contribution in [0.1, 0.15) is 59.9 Å². The summed E-state index contributed by atoms with van der Waals surface area (Å²) >= 11 is 0. The van der Waals surface area contributed by atoms with E-state index in [0.29, 0.717) is 16.2 Å².